The molecule has 0 saturated carbocycles. The highest BCUT2D eigenvalue weighted by molar-refractivity contribution is 5.82. The number of ether oxygens (including phenoxy) is 1. The average molecular weight is 170 g/mol. The van der Waals surface area contributed by atoms with Gasteiger partial charge in [0.1, 0.15) is 0 Å². The number of hydrogen-bond acceptors (Lipinski definition) is 3. The maximum Gasteiger partial charge on any atom is 0.239 e. The molecule has 0 aromatic rings. The van der Waals surface area contributed by atoms with Crippen molar-refractivity contribution in [2.75, 3.05) is 13.2 Å². The van der Waals surface area contributed by atoms with Crippen LogP contribution in [0, 0.1) is 0 Å². The minimum atomic E-state index is -0.371. The number of nitrogens with two attached hydrogens (primary N) is 1. The van der Waals surface area contributed by atoms with Crippen molar-refractivity contribution in [2.45, 2.75) is 31.5 Å². The number of fused-ring (bicyclic) bond motifs is 2. The van der Waals surface area contributed by atoms with Gasteiger partial charge in [-0.2, -0.15) is 0 Å². The Morgan fingerprint density at radius 1 is 1.75 bits per heavy atom. The molecule has 0 aromatic heterocycles. The van der Waals surface area contributed by atoms with E-state index >= 15 is 0 Å². The second kappa shape index (κ2) is 2.71. The summed E-state index contributed by atoms with van der Waals surface area (Å²) in [6.45, 7) is 3.17. The number of carbonyl (C=O) groups is 1. The van der Waals surface area contributed by atoms with Crippen molar-refractivity contribution >= 4 is 5.91 Å². The number of likely N-dealkylation sites (tertiary alicyclic amines) is 1. The number of hydrogen-bond donors (Lipinski definition) is 1. The molecule has 2 aliphatic heterocycles. The van der Waals surface area contributed by atoms with Crippen molar-refractivity contribution < 1.29 is 9.53 Å². The first kappa shape index (κ1) is 8.01. The molecular formula is C8H14N2O2. The Morgan fingerprint density at radius 2 is 2.50 bits per heavy atom. The molecule has 12 heavy (non-hydrogen) atoms. The fourth-order valence-corrected chi connectivity index (χ4v) is 1.93. The van der Waals surface area contributed by atoms with Crippen LogP contribution in [0.4, 0.5) is 0 Å². The Hall–Kier alpha value is -0.610. The lowest BCUT2D eigenvalue weighted by Crippen LogP contribution is -2.48. The summed E-state index contributed by atoms with van der Waals surface area (Å²) in [6.07, 6.45) is 1.27. The Balaban J connectivity index is 2.02. The SMILES string of the molecule is C[C@H](N)C(=O)N1CC2CC1CO2. The fraction of sp³-hybridized carbons (Fsp3) is 0.875. The molecule has 4 nitrogen and oxygen atoms in total. The van der Waals surface area contributed by atoms with Gasteiger partial charge in [0.05, 0.1) is 24.8 Å². The van der Waals surface area contributed by atoms with Crippen LogP contribution in [0.15, 0.2) is 0 Å². The number of carbonyl (C=O) groups excluding carboxylic acids is 1. The van der Waals surface area contributed by atoms with Crippen LogP contribution in [0.1, 0.15) is 13.3 Å². The van der Waals surface area contributed by atoms with Crippen molar-refractivity contribution in [1.29, 1.82) is 0 Å². The zero-order chi connectivity index (χ0) is 8.72. The summed E-state index contributed by atoms with van der Waals surface area (Å²) < 4.78 is 5.38. The number of amides is 1. The maximum atomic E-state index is 11.5. The van der Waals surface area contributed by atoms with Crippen LogP contribution in [0.5, 0.6) is 0 Å². The molecule has 1 amide bonds. The van der Waals surface area contributed by atoms with Gasteiger partial charge in [-0.25, -0.2) is 0 Å². The Kier molecular flexibility index (Phi) is 1.81. The van der Waals surface area contributed by atoms with E-state index < -0.39 is 0 Å². The van der Waals surface area contributed by atoms with Gasteiger partial charge in [0.2, 0.25) is 5.91 Å². The van der Waals surface area contributed by atoms with Crippen LogP contribution in [-0.2, 0) is 9.53 Å². The molecule has 2 saturated heterocycles. The van der Waals surface area contributed by atoms with Gasteiger partial charge in [0.25, 0.3) is 0 Å². The molecule has 0 radical (unpaired) electrons. The molecule has 2 rings (SSSR count). The van der Waals surface area contributed by atoms with Gasteiger partial charge in [-0.1, -0.05) is 0 Å². The maximum absolute atomic E-state index is 11.5. The second-order valence-electron chi connectivity index (χ2n) is 3.62. The summed E-state index contributed by atoms with van der Waals surface area (Å²) in [5, 5.41) is 0. The molecule has 4 heteroatoms. The predicted octanol–water partition coefficient (Wildman–Crippen LogP) is -0.667. The number of nitrogens with zero attached hydrogens (tertiary/aromatic N) is 1. The second-order valence-corrected chi connectivity index (χ2v) is 3.62. The van der Waals surface area contributed by atoms with E-state index in [2.05, 4.69) is 0 Å². The van der Waals surface area contributed by atoms with E-state index in [-0.39, 0.29) is 18.1 Å². The van der Waals surface area contributed by atoms with Crippen LogP contribution in [-0.4, -0.2) is 42.1 Å². The van der Waals surface area contributed by atoms with Crippen molar-refractivity contribution in [3.05, 3.63) is 0 Å². The molecule has 2 heterocycles. The van der Waals surface area contributed by atoms with Gasteiger partial charge in [-0.3, -0.25) is 4.79 Å². The van der Waals surface area contributed by atoms with E-state index in [4.69, 9.17) is 10.5 Å². The molecule has 0 aromatic carbocycles. The molecule has 2 N–H and O–H groups in total. The van der Waals surface area contributed by atoms with Crippen LogP contribution >= 0.6 is 0 Å². The average Bonchev–Trinajstić information content (AvgIpc) is 2.62. The van der Waals surface area contributed by atoms with Crippen LogP contribution in [0.2, 0.25) is 0 Å². The highest BCUT2D eigenvalue weighted by atomic mass is 16.5. The van der Waals surface area contributed by atoms with E-state index in [1.807, 2.05) is 4.90 Å². The molecule has 2 bridgehead atoms. The normalized spacial score (nSPS) is 35.7. The van der Waals surface area contributed by atoms with E-state index in [0.29, 0.717) is 12.6 Å². The zero-order valence-electron chi connectivity index (χ0n) is 7.19. The lowest BCUT2D eigenvalue weighted by molar-refractivity contribution is -0.136. The lowest BCUT2D eigenvalue weighted by atomic mass is 10.2. The first-order valence-corrected chi connectivity index (χ1v) is 4.36. The Bertz CT molecular complexity index is 205. The molecular weight excluding hydrogens is 156 g/mol. The van der Waals surface area contributed by atoms with Crippen molar-refractivity contribution in [1.82, 2.24) is 4.90 Å². The summed E-state index contributed by atoms with van der Waals surface area (Å²) in [6, 6.07) is -0.0714. The van der Waals surface area contributed by atoms with Crippen molar-refractivity contribution in [2.24, 2.45) is 5.73 Å². The third-order valence-electron chi connectivity index (χ3n) is 2.57. The Labute approximate surface area is 71.7 Å². The minimum Gasteiger partial charge on any atom is -0.374 e. The van der Waals surface area contributed by atoms with Crippen LogP contribution in [0.3, 0.4) is 0 Å². The molecule has 2 aliphatic rings. The fourth-order valence-electron chi connectivity index (χ4n) is 1.93. The van der Waals surface area contributed by atoms with Crippen molar-refractivity contribution in [3.63, 3.8) is 0 Å². The largest absolute Gasteiger partial charge is 0.374 e. The summed E-state index contributed by atoms with van der Waals surface area (Å²) in [5.74, 6) is 0.0609. The first-order valence-electron chi connectivity index (χ1n) is 4.36. The lowest BCUT2D eigenvalue weighted by Gasteiger charge is -2.28. The van der Waals surface area contributed by atoms with Crippen LogP contribution in [0.25, 0.3) is 0 Å². The zero-order valence-corrected chi connectivity index (χ0v) is 7.19. The van der Waals surface area contributed by atoms with Crippen LogP contribution < -0.4 is 5.73 Å². The predicted molar refractivity (Wildman–Crippen MR) is 43.5 cm³/mol. The van der Waals surface area contributed by atoms with E-state index in [1.165, 1.54) is 0 Å². The smallest absolute Gasteiger partial charge is 0.239 e. The summed E-state index contributed by atoms with van der Waals surface area (Å²) >= 11 is 0. The van der Waals surface area contributed by atoms with E-state index in [9.17, 15) is 4.79 Å². The molecule has 68 valence electrons. The summed E-state index contributed by atoms with van der Waals surface area (Å²) in [5.41, 5.74) is 5.52. The Morgan fingerprint density at radius 3 is 2.92 bits per heavy atom. The van der Waals surface area contributed by atoms with E-state index in [0.717, 1.165) is 13.0 Å². The van der Waals surface area contributed by atoms with Crippen molar-refractivity contribution in [3.8, 4) is 0 Å². The van der Waals surface area contributed by atoms with Gasteiger partial charge < -0.3 is 15.4 Å². The number of morpholine rings is 1. The van der Waals surface area contributed by atoms with Gasteiger partial charge in [0.15, 0.2) is 0 Å². The molecule has 0 aliphatic carbocycles. The van der Waals surface area contributed by atoms with Gasteiger partial charge in [-0.15, -0.1) is 0 Å². The summed E-state index contributed by atoms with van der Waals surface area (Å²) in [7, 11) is 0. The highest BCUT2D eigenvalue weighted by Gasteiger charge is 2.41. The third-order valence-corrected chi connectivity index (χ3v) is 2.57. The molecule has 0 spiro atoms. The monoisotopic (exact) mass is 170 g/mol. The molecule has 2 fully saturated rings. The minimum absolute atomic E-state index is 0.0609. The third kappa shape index (κ3) is 1.11. The highest BCUT2D eigenvalue weighted by Crippen LogP contribution is 2.27. The van der Waals surface area contributed by atoms with Gasteiger partial charge in [-0.05, 0) is 13.3 Å². The number of rotatable bonds is 1. The van der Waals surface area contributed by atoms with Gasteiger partial charge in [0, 0.05) is 6.54 Å². The molecule has 3 atom stereocenters. The van der Waals surface area contributed by atoms with E-state index in [1.54, 1.807) is 6.92 Å². The van der Waals surface area contributed by atoms with Gasteiger partial charge >= 0.3 is 0 Å². The molecule has 2 unspecified atom stereocenters. The first-order chi connectivity index (χ1) is 5.68. The quantitative estimate of drug-likeness (QED) is 0.568. The topological polar surface area (TPSA) is 55.6 Å². The standard InChI is InChI=1S/C8H14N2O2/c1-5(9)8(11)10-3-7-2-6(10)4-12-7/h5-7H,2-4,9H2,1H3/t5-,6?,7?/m0/s1. The summed E-state index contributed by atoms with van der Waals surface area (Å²) in [4.78, 5) is 13.3.